The second-order valence-electron chi connectivity index (χ2n) is 9.96. The first-order chi connectivity index (χ1) is 18.8. The average molecular weight is 540 g/mol. The minimum atomic E-state index is -0.885. The maximum Gasteiger partial charge on any atom is 0.223 e. The van der Waals surface area contributed by atoms with Crippen molar-refractivity contribution >= 4 is 28.5 Å². The molecule has 0 radical (unpaired) electrons. The number of anilines is 2. The van der Waals surface area contributed by atoms with E-state index >= 15 is 8.78 Å². The lowest BCUT2D eigenvalue weighted by molar-refractivity contribution is -0.115. The van der Waals surface area contributed by atoms with Crippen molar-refractivity contribution in [2.75, 3.05) is 38.1 Å². The molecular weight excluding hydrogens is 508 g/mol. The molecule has 5 rings (SSSR count). The molecule has 11 heteroatoms. The summed E-state index contributed by atoms with van der Waals surface area (Å²) in [7, 11) is 2.60. The molecule has 1 saturated heterocycles. The van der Waals surface area contributed by atoms with Gasteiger partial charge in [0.25, 0.3) is 0 Å². The van der Waals surface area contributed by atoms with Crippen LogP contribution < -0.4 is 20.1 Å². The third-order valence-electron chi connectivity index (χ3n) is 7.29. The van der Waals surface area contributed by atoms with Gasteiger partial charge in [0.15, 0.2) is 34.7 Å². The van der Waals surface area contributed by atoms with E-state index in [1.165, 1.54) is 26.4 Å². The fraction of sp³-hybridized carbons (Fsp3) is 0.429. The molecule has 2 aromatic heterocycles. The molecular formula is C28H31F2N5O4. The Morgan fingerprint density at radius 1 is 1.18 bits per heavy atom. The van der Waals surface area contributed by atoms with Crippen LogP contribution in [0.5, 0.6) is 11.5 Å². The zero-order valence-electron chi connectivity index (χ0n) is 22.1. The first-order valence-electron chi connectivity index (χ1n) is 12.9. The number of benzene rings is 1. The molecule has 0 spiro atoms. The Hall–Kier alpha value is -3.86. The Labute approximate surface area is 225 Å². The van der Waals surface area contributed by atoms with E-state index in [1.807, 2.05) is 6.92 Å². The molecule has 206 valence electrons. The van der Waals surface area contributed by atoms with Crippen LogP contribution in [0.3, 0.4) is 0 Å². The van der Waals surface area contributed by atoms with Gasteiger partial charge in [-0.1, -0.05) is 6.58 Å². The van der Waals surface area contributed by atoms with Gasteiger partial charge in [-0.2, -0.15) is 0 Å². The maximum atomic E-state index is 15.3. The second-order valence-corrected chi connectivity index (χ2v) is 9.96. The van der Waals surface area contributed by atoms with Crippen molar-refractivity contribution in [1.82, 2.24) is 15.0 Å². The van der Waals surface area contributed by atoms with Gasteiger partial charge in [-0.15, -0.1) is 0 Å². The lowest BCUT2D eigenvalue weighted by Gasteiger charge is -2.20. The van der Waals surface area contributed by atoms with E-state index in [0.29, 0.717) is 48.2 Å². The SMILES string of the molecule is C=CC(=O)C[C@H]1COC[C@H]1Nc1ncc2cc(-c3c(F)c(OC)cc(OC)c3F)nc(N[C@H](C)C3CC3)c2n1. The Bertz CT molecular complexity index is 1390. The van der Waals surface area contributed by atoms with Crippen molar-refractivity contribution in [3.05, 3.63) is 42.6 Å². The fourth-order valence-corrected chi connectivity index (χ4v) is 4.84. The third-order valence-corrected chi connectivity index (χ3v) is 7.29. The summed E-state index contributed by atoms with van der Waals surface area (Å²) < 4.78 is 46.5. The summed E-state index contributed by atoms with van der Waals surface area (Å²) in [5.74, 6) is -0.988. The monoisotopic (exact) mass is 539 g/mol. The van der Waals surface area contributed by atoms with Gasteiger partial charge in [0, 0.05) is 36.0 Å². The molecule has 1 aliphatic carbocycles. The number of hydrogen-bond acceptors (Lipinski definition) is 9. The zero-order valence-corrected chi connectivity index (χ0v) is 22.1. The molecule has 1 aliphatic heterocycles. The smallest absolute Gasteiger partial charge is 0.223 e. The van der Waals surface area contributed by atoms with Crippen LogP contribution in [0.1, 0.15) is 26.2 Å². The van der Waals surface area contributed by atoms with E-state index in [4.69, 9.17) is 19.2 Å². The topological polar surface area (TPSA) is 107 Å². The van der Waals surface area contributed by atoms with Crippen molar-refractivity contribution in [1.29, 1.82) is 0 Å². The van der Waals surface area contributed by atoms with Crippen molar-refractivity contribution in [3.63, 3.8) is 0 Å². The lowest BCUT2D eigenvalue weighted by atomic mass is 9.97. The predicted octanol–water partition coefficient (Wildman–Crippen LogP) is 4.77. The molecule has 1 aromatic carbocycles. The molecule has 2 N–H and O–H groups in total. The van der Waals surface area contributed by atoms with Crippen LogP contribution in [0.4, 0.5) is 20.5 Å². The Morgan fingerprint density at radius 2 is 1.90 bits per heavy atom. The van der Waals surface area contributed by atoms with Crippen LogP contribution in [-0.2, 0) is 9.53 Å². The molecule has 0 unspecified atom stereocenters. The number of ketones is 1. The number of carbonyl (C=O) groups excluding carboxylic acids is 1. The number of ether oxygens (including phenoxy) is 3. The van der Waals surface area contributed by atoms with E-state index in [9.17, 15) is 4.79 Å². The van der Waals surface area contributed by atoms with Crippen LogP contribution in [0.2, 0.25) is 0 Å². The van der Waals surface area contributed by atoms with Gasteiger partial charge in [-0.25, -0.2) is 23.7 Å². The molecule has 39 heavy (non-hydrogen) atoms. The summed E-state index contributed by atoms with van der Waals surface area (Å²) in [6.07, 6.45) is 5.39. The van der Waals surface area contributed by atoms with E-state index in [2.05, 4.69) is 27.2 Å². The highest BCUT2D eigenvalue weighted by molar-refractivity contribution is 5.92. The maximum absolute atomic E-state index is 15.3. The van der Waals surface area contributed by atoms with Gasteiger partial charge >= 0.3 is 0 Å². The standard InChI is InChI=1S/C28H31F2N5O4/c1-5-18(36)8-17-12-39-13-20(17)34-28-31-11-16-9-19(23-24(29)21(37-3)10-22(38-4)25(23)30)33-27(26(16)35-28)32-14(2)15-6-7-15/h5,9-11,14-15,17,20H,1,6-8,12-13H2,2-4H3,(H,32,33)(H,31,34,35)/t14-,17+,20-/m1/s1. The number of allylic oxidation sites excluding steroid dienone is 1. The molecule has 0 bridgehead atoms. The summed E-state index contributed by atoms with van der Waals surface area (Å²) >= 11 is 0. The predicted molar refractivity (Wildman–Crippen MR) is 143 cm³/mol. The number of halogens is 2. The summed E-state index contributed by atoms with van der Waals surface area (Å²) in [5, 5.41) is 7.22. The summed E-state index contributed by atoms with van der Waals surface area (Å²) in [5.41, 5.74) is 0.184. The van der Waals surface area contributed by atoms with Gasteiger partial charge in [-0.05, 0) is 37.8 Å². The number of nitrogens with one attached hydrogen (secondary N) is 2. The number of hydrogen-bond donors (Lipinski definition) is 2. The highest BCUT2D eigenvalue weighted by atomic mass is 19.1. The van der Waals surface area contributed by atoms with Gasteiger partial charge in [-0.3, -0.25) is 4.79 Å². The normalized spacial score (nSPS) is 19.5. The van der Waals surface area contributed by atoms with Crippen molar-refractivity contribution in [3.8, 4) is 22.8 Å². The Balaban J connectivity index is 1.56. The molecule has 1 saturated carbocycles. The van der Waals surface area contributed by atoms with Crippen molar-refractivity contribution < 1.29 is 27.8 Å². The molecule has 2 fully saturated rings. The first kappa shape index (κ1) is 26.7. The fourth-order valence-electron chi connectivity index (χ4n) is 4.84. The van der Waals surface area contributed by atoms with Crippen LogP contribution in [0.15, 0.2) is 31.0 Å². The van der Waals surface area contributed by atoms with Crippen LogP contribution in [0, 0.1) is 23.5 Å². The van der Waals surface area contributed by atoms with E-state index in [0.717, 1.165) is 18.9 Å². The molecule has 3 aromatic rings. The molecule has 2 aliphatic rings. The number of nitrogens with zero attached hydrogens (tertiary/aromatic N) is 3. The van der Waals surface area contributed by atoms with Crippen LogP contribution in [0.25, 0.3) is 22.2 Å². The van der Waals surface area contributed by atoms with E-state index in [-0.39, 0.29) is 46.5 Å². The van der Waals surface area contributed by atoms with E-state index < -0.39 is 11.6 Å². The molecule has 0 amide bonds. The van der Waals surface area contributed by atoms with Gasteiger partial charge in [0.2, 0.25) is 5.95 Å². The summed E-state index contributed by atoms with van der Waals surface area (Å²) in [6.45, 7) is 6.45. The number of aromatic nitrogens is 3. The number of fused-ring (bicyclic) bond motifs is 1. The van der Waals surface area contributed by atoms with Gasteiger partial charge < -0.3 is 24.8 Å². The number of rotatable bonds is 11. The van der Waals surface area contributed by atoms with Gasteiger partial charge in [0.05, 0.1) is 44.7 Å². The Kier molecular flexibility index (Phi) is 7.60. The summed E-state index contributed by atoms with van der Waals surface area (Å²) in [4.78, 5) is 25.7. The average Bonchev–Trinajstić information content (AvgIpc) is 3.70. The second kappa shape index (κ2) is 11.1. The molecule has 3 atom stereocenters. The highest BCUT2D eigenvalue weighted by Gasteiger charge is 2.31. The van der Waals surface area contributed by atoms with E-state index in [1.54, 1.807) is 6.20 Å². The quantitative estimate of drug-likeness (QED) is 0.333. The van der Waals surface area contributed by atoms with Gasteiger partial charge in [0.1, 0.15) is 5.52 Å². The minimum Gasteiger partial charge on any atom is -0.494 e. The molecule has 9 nitrogen and oxygen atoms in total. The number of methoxy groups -OCH3 is 2. The van der Waals surface area contributed by atoms with Crippen molar-refractivity contribution in [2.45, 2.75) is 38.3 Å². The molecule has 3 heterocycles. The lowest BCUT2D eigenvalue weighted by Crippen LogP contribution is -2.30. The third kappa shape index (κ3) is 5.49. The first-order valence-corrected chi connectivity index (χ1v) is 12.9. The minimum absolute atomic E-state index is 0.0447. The zero-order chi connectivity index (χ0) is 27.7. The highest BCUT2D eigenvalue weighted by Crippen LogP contribution is 2.40. The largest absolute Gasteiger partial charge is 0.494 e. The van der Waals surface area contributed by atoms with Crippen LogP contribution in [-0.4, -0.2) is 60.3 Å². The number of carbonyl (C=O) groups is 1. The number of pyridine rings is 1. The van der Waals surface area contributed by atoms with Crippen LogP contribution >= 0.6 is 0 Å². The summed E-state index contributed by atoms with van der Waals surface area (Å²) in [6, 6.07) is 2.62. The van der Waals surface area contributed by atoms with Crippen molar-refractivity contribution in [2.24, 2.45) is 11.8 Å². The Morgan fingerprint density at radius 3 is 2.54 bits per heavy atom.